The third-order valence-electron chi connectivity index (χ3n) is 4.57. The normalized spacial score (nSPS) is 21.9. The van der Waals surface area contributed by atoms with Crippen LogP contribution in [0.15, 0.2) is 18.3 Å². The number of pyridine rings is 1. The average Bonchev–Trinajstić information content (AvgIpc) is 2.84. The summed E-state index contributed by atoms with van der Waals surface area (Å²) in [6.45, 7) is 9.13. The maximum atomic E-state index is 4.66. The smallest absolute Gasteiger partial charge is 0.128 e. The van der Waals surface area contributed by atoms with Crippen LogP contribution in [-0.4, -0.2) is 43.1 Å². The van der Waals surface area contributed by atoms with Gasteiger partial charge in [0.1, 0.15) is 5.82 Å². The molecule has 0 aliphatic carbocycles. The Labute approximate surface area is 117 Å². The molecule has 1 aromatic heterocycles. The number of hydrogen-bond acceptors (Lipinski definition) is 3. The Morgan fingerprint density at radius 3 is 2.53 bits per heavy atom. The molecule has 0 N–H and O–H groups in total. The predicted octanol–water partition coefficient (Wildman–Crippen LogP) is 2.98. The Balaban J connectivity index is 2.05. The van der Waals surface area contributed by atoms with Crippen molar-refractivity contribution in [3.05, 3.63) is 23.9 Å². The summed E-state index contributed by atoms with van der Waals surface area (Å²) in [6, 6.07) is 5.01. The first-order valence-corrected chi connectivity index (χ1v) is 7.36. The van der Waals surface area contributed by atoms with Crippen LogP contribution in [0.5, 0.6) is 0 Å². The molecule has 2 unspecified atom stereocenters. The van der Waals surface area contributed by atoms with Crippen molar-refractivity contribution < 1.29 is 0 Å². The number of nitrogens with zero attached hydrogens (tertiary/aromatic N) is 3. The zero-order valence-electron chi connectivity index (χ0n) is 12.9. The molecule has 0 radical (unpaired) electrons. The molecule has 0 saturated carbocycles. The Bertz CT molecular complexity index is 399. The van der Waals surface area contributed by atoms with Crippen LogP contribution >= 0.6 is 0 Å². The van der Waals surface area contributed by atoms with Gasteiger partial charge in [-0.1, -0.05) is 26.8 Å². The van der Waals surface area contributed by atoms with Crippen LogP contribution in [0.2, 0.25) is 0 Å². The highest BCUT2D eigenvalue weighted by Crippen LogP contribution is 2.25. The average molecular weight is 261 g/mol. The van der Waals surface area contributed by atoms with E-state index in [2.05, 4.69) is 68.0 Å². The molecule has 19 heavy (non-hydrogen) atoms. The number of likely N-dealkylation sites (tertiary alicyclic amines) is 1. The minimum absolute atomic E-state index is 0.574. The lowest BCUT2D eigenvalue weighted by Gasteiger charge is -2.26. The molecule has 2 heterocycles. The van der Waals surface area contributed by atoms with Gasteiger partial charge in [-0.25, -0.2) is 4.98 Å². The van der Waals surface area contributed by atoms with E-state index in [9.17, 15) is 0 Å². The molecule has 0 aromatic carbocycles. The standard InChI is InChI=1S/C16H27N3/c1-12(2)13(3)14-6-7-16(17-10-14)19(5)15-8-9-18(4)11-15/h6-7,10,12-13,15H,8-9,11H2,1-5H3. The van der Waals surface area contributed by atoms with Crippen LogP contribution in [0, 0.1) is 5.92 Å². The van der Waals surface area contributed by atoms with Crippen molar-refractivity contribution in [2.45, 2.75) is 39.2 Å². The largest absolute Gasteiger partial charge is 0.355 e. The monoisotopic (exact) mass is 261 g/mol. The minimum atomic E-state index is 0.574. The molecule has 0 amide bonds. The summed E-state index contributed by atoms with van der Waals surface area (Å²) in [6.07, 6.45) is 3.29. The number of anilines is 1. The highest BCUT2D eigenvalue weighted by Gasteiger charge is 2.24. The molecule has 1 aromatic rings. The first-order chi connectivity index (χ1) is 8.99. The molecule has 2 atom stereocenters. The molecule has 1 aliphatic rings. The van der Waals surface area contributed by atoms with Gasteiger partial charge in [0.15, 0.2) is 0 Å². The molecular weight excluding hydrogens is 234 g/mol. The summed E-state index contributed by atoms with van der Waals surface area (Å²) in [7, 11) is 4.35. The molecule has 3 heteroatoms. The maximum Gasteiger partial charge on any atom is 0.128 e. The molecule has 0 spiro atoms. The van der Waals surface area contributed by atoms with Crippen molar-refractivity contribution in [3.8, 4) is 0 Å². The van der Waals surface area contributed by atoms with E-state index in [1.807, 2.05) is 0 Å². The van der Waals surface area contributed by atoms with E-state index in [4.69, 9.17) is 0 Å². The second-order valence-electron chi connectivity index (χ2n) is 6.30. The van der Waals surface area contributed by atoms with Gasteiger partial charge in [0, 0.05) is 25.8 Å². The minimum Gasteiger partial charge on any atom is -0.355 e. The van der Waals surface area contributed by atoms with E-state index < -0.39 is 0 Å². The first kappa shape index (κ1) is 14.3. The molecule has 3 nitrogen and oxygen atoms in total. The quantitative estimate of drug-likeness (QED) is 0.830. The Hall–Kier alpha value is -1.09. The van der Waals surface area contributed by atoms with Crippen LogP contribution in [0.4, 0.5) is 5.82 Å². The van der Waals surface area contributed by atoms with Crippen molar-refractivity contribution in [1.82, 2.24) is 9.88 Å². The number of hydrogen-bond donors (Lipinski definition) is 0. The topological polar surface area (TPSA) is 19.4 Å². The third kappa shape index (κ3) is 3.27. The fraction of sp³-hybridized carbons (Fsp3) is 0.688. The molecular formula is C16H27N3. The van der Waals surface area contributed by atoms with Crippen LogP contribution in [0.25, 0.3) is 0 Å². The summed E-state index contributed by atoms with van der Waals surface area (Å²) in [5.74, 6) is 2.33. The molecule has 2 rings (SSSR count). The SMILES string of the molecule is CC(C)C(C)c1ccc(N(C)C2CCN(C)C2)nc1. The first-order valence-electron chi connectivity index (χ1n) is 7.36. The van der Waals surface area contributed by atoms with E-state index in [0.717, 1.165) is 12.4 Å². The van der Waals surface area contributed by atoms with Crippen molar-refractivity contribution in [1.29, 1.82) is 0 Å². The molecule has 106 valence electrons. The van der Waals surface area contributed by atoms with Gasteiger partial charge in [-0.3, -0.25) is 0 Å². The number of likely N-dealkylation sites (N-methyl/N-ethyl adjacent to an activating group) is 2. The van der Waals surface area contributed by atoms with Crippen LogP contribution in [0.1, 0.15) is 38.7 Å². The number of rotatable bonds is 4. The lowest BCUT2D eigenvalue weighted by Crippen LogP contribution is -2.34. The summed E-state index contributed by atoms with van der Waals surface area (Å²) < 4.78 is 0. The summed E-state index contributed by atoms with van der Waals surface area (Å²) in [5, 5.41) is 0. The van der Waals surface area contributed by atoms with Gasteiger partial charge in [-0.15, -0.1) is 0 Å². The highest BCUT2D eigenvalue weighted by atomic mass is 15.3. The van der Waals surface area contributed by atoms with Gasteiger partial charge in [0.2, 0.25) is 0 Å². The van der Waals surface area contributed by atoms with Gasteiger partial charge in [-0.05, 0) is 43.5 Å². The second-order valence-corrected chi connectivity index (χ2v) is 6.30. The van der Waals surface area contributed by atoms with E-state index in [1.54, 1.807) is 0 Å². The Morgan fingerprint density at radius 1 is 1.32 bits per heavy atom. The summed E-state index contributed by atoms with van der Waals surface area (Å²) >= 11 is 0. The van der Waals surface area contributed by atoms with Crippen molar-refractivity contribution >= 4 is 5.82 Å². The lowest BCUT2D eigenvalue weighted by atomic mass is 9.91. The van der Waals surface area contributed by atoms with Gasteiger partial charge in [0.25, 0.3) is 0 Å². The van der Waals surface area contributed by atoms with Gasteiger partial charge in [0.05, 0.1) is 0 Å². The fourth-order valence-electron chi connectivity index (χ4n) is 2.68. The van der Waals surface area contributed by atoms with Crippen LogP contribution in [-0.2, 0) is 0 Å². The molecule has 1 aliphatic heterocycles. The highest BCUT2D eigenvalue weighted by molar-refractivity contribution is 5.40. The van der Waals surface area contributed by atoms with Crippen LogP contribution < -0.4 is 4.90 Å². The van der Waals surface area contributed by atoms with Crippen molar-refractivity contribution in [2.24, 2.45) is 5.92 Å². The Kier molecular flexibility index (Phi) is 4.46. The van der Waals surface area contributed by atoms with E-state index in [0.29, 0.717) is 17.9 Å². The molecule has 1 fully saturated rings. The predicted molar refractivity (Wildman–Crippen MR) is 81.8 cm³/mol. The fourth-order valence-corrected chi connectivity index (χ4v) is 2.68. The lowest BCUT2D eigenvalue weighted by molar-refractivity contribution is 0.409. The van der Waals surface area contributed by atoms with E-state index in [1.165, 1.54) is 18.5 Å². The van der Waals surface area contributed by atoms with Crippen LogP contribution in [0.3, 0.4) is 0 Å². The van der Waals surface area contributed by atoms with Gasteiger partial charge in [-0.2, -0.15) is 0 Å². The third-order valence-corrected chi connectivity index (χ3v) is 4.57. The molecule has 1 saturated heterocycles. The summed E-state index contributed by atoms with van der Waals surface area (Å²) in [4.78, 5) is 9.37. The van der Waals surface area contributed by atoms with Gasteiger partial charge >= 0.3 is 0 Å². The Morgan fingerprint density at radius 2 is 2.05 bits per heavy atom. The maximum absolute atomic E-state index is 4.66. The molecule has 0 bridgehead atoms. The zero-order chi connectivity index (χ0) is 14.0. The zero-order valence-corrected chi connectivity index (χ0v) is 12.9. The van der Waals surface area contributed by atoms with Gasteiger partial charge < -0.3 is 9.80 Å². The number of aromatic nitrogens is 1. The van der Waals surface area contributed by atoms with Crippen molar-refractivity contribution in [2.75, 3.05) is 32.1 Å². The second kappa shape index (κ2) is 5.91. The van der Waals surface area contributed by atoms with Crippen molar-refractivity contribution in [3.63, 3.8) is 0 Å². The van der Waals surface area contributed by atoms with E-state index >= 15 is 0 Å². The van der Waals surface area contributed by atoms with E-state index in [-0.39, 0.29) is 0 Å². The summed E-state index contributed by atoms with van der Waals surface area (Å²) in [5.41, 5.74) is 1.34.